The number of hydrogen-bond donors (Lipinski definition) is 1. The first-order chi connectivity index (χ1) is 13.1. The second-order valence-electron chi connectivity index (χ2n) is 8.18. The molecule has 3 heterocycles. The van der Waals surface area contributed by atoms with Gasteiger partial charge in [-0.25, -0.2) is 0 Å². The molecule has 1 spiro atoms. The molecule has 0 unspecified atom stereocenters. The monoisotopic (exact) mass is 366 g/mol. The average molecular weight is 367 g/mol. The number of nitrogens with one attached hydrogen (secondary N) is 1. The van der Waals surface area contributed by atoms with Crippen LogP contribution < -0.4 is 0 Å². The predicted molar refractivity (Wildman–Crippen MR) is 109 cm³/mol. The fourth-order valence-electron chi connectivity index (χ4n) is 4.52. The van der Waals surface area contributed by atoms with E-state index >= 15 is 0 Å². The number of nitrogens with zero attached hydrogens (tertiary/aromatic N) is 3. The molecule has 1 N–H and O–H groups in total. The van der Waals surface area contributed by atoms with Crippen LogP contribution in [0.4, 0.5) is 0 Å². The molecular weight excluding hydrogens is 336 g/mol. The summed E-state index contributed by atoms with van der Waals surface area (Å²) in [6, 6.07) is 14.1. The standard InChI is InChI=1S/C22H30N4O/c1-24-15-11-22(12-16-24)17-26(14-6-13-25(22)2)21(27)20-10-9-19(23-20)18-7-4-3-5-8-18/h3-5,7-10,23H,6,11-17H2,1-2H3. The van der Waals surface area contributed by atoms with Gasteiger partial charge in [-0.15, -0.1) is 0 Å². The average Bonchev–Trinajstić information content (AvgIpc) is 3.13. The minimum atomic E-state index is 0.119. The van der Waals surface area contributed by atoms with E-state index in [0.29, 0.717) is 5.69 Å². The molecule has 0 atom stereocenters. The molecule has 1 aromatic heterocycles. The third-order valence-corrected chi connectivity index (χ3v) is 6.42. The van der Waals surface area contributed by atoms with Crippen LogP contribution in [0.25, 0.3) is 11.3 Å². The van der Waals surface area contributed by atoms with Gasteiger partial charge in [0.15, 0.2) is 0 Å². The van der Waals surface area contributed by atoms with Crippen molar-refractivity contribution < 1.29 is 4.79 Å². The number of hydrogen-bond acceptors (Lipinski definition) is 3. The zero-order chi connectivity index (χ0) is 18.9. The van der Waals surface area contributed by atoms with Gasteiger partial charge in [0, 0.05) is 30.9 Å². The Morgan fingerprint density at radius 2 is 1.70 bits per heavy atom. The topological polar surface area (TPSA) is 42.6 Å². The van der Waals surface area contributed by atoms with E-state index in [1.54, 1.807) is 0 Å². The van der Waals surface area contributed by atoms with Gasteiger partial charge in [0.25, 0.3) is 5.91 Å². The van der Waals surface area contributed by atoms with E-state index in [1.165, 1.54) is 0 Å². The van der Waals surface area contributed by atoms with Crippen molar-refractivity contribution >= 4 is 5.91 Å². The van der Waals surface area contributed by atoms with Gasteiger partial charge >= 0.3 is 0 Å². The van der Waals surface area contributed by atoms with Crippen LogP contribution in [0.3, 0.4) is 0 Å². The summed E-state index contributed by atoms with van der Waals surface area (Å²) in [6.45, 7) is 4.93. The molecule has 0 aliphatic carbocycles. The van der Waals surface area contributed by atoms with E-state index in [0.717, 1.165) is 63.2 Å². The van der Waals surface area contributed by atoms with Crippen LogP contribution in [0.15, 0.2) is 42.5 Å². The molecule has 0 bridgehead atoms. The van der Waals surface area contributed by atoms with E-state index in [4.69, 9.17) is 0 Å². The summed E-state index contributed by atoms with van der Waals surface area (Å²) in [5.74, 6) is 0.130. The summed E-state index contributed by atoms with van der Waals surface area (Å²) in [6.07, 6.45) is 3.29. The zero-order valence-electron chi connectivity index (χ0n) is 16.4. The van der Waals surface area contributed by atoms with Crippen LogP contribution in [0.1, 0.15) is 29.8 Å². The maximum Gasteiger partial charge on any atom is 0.270 e. The summed E-state index contributed by atoms with van der Waals surface area (Å²) >= 11 is 0. The number of aromatic nitrogens is 1. The first kappa shape index (κ1) is 18.3. The van der Waals surface area contributed by atoms with Gasteiger partial charge in [0.2, 0.25) is 0 Å². The first-order valence-electron chi connectivity index (χ1n) is 10.0. The molecule has 5 heteroatoms. The van der Waals surface area contributed by atoms with Crippen molar-refractivity contribution in [2.45, 2.75) is 24.8 Å². The van der Waals surface area contributed by atoms with Crippen LogP contribution >= 0.6 is 0 Å². The SMILES string of the molecule is CN1CCC2(CC1)CN(C(=O)c1ccc(-c3ccccc3)[nH]1)CCCN2C. The molecule has 27 heavy (non-hydrogen) atoms. The lowest BCUT2D eigenvalue weighted by Gasteiger charge is -2.47. The highest BCUT2D eigenvalue weighted by molar-refractivity contribution is 5.93. The molecule has 1 amide bonds. The van der Waals surface area contributed by atoms with Gasteiger partial charge in [-0.05, 0) is 64.1 Å². The Balaban J connectivity index is 1.54. The van der Waals surface area contributed by atoms with Crippen LogP contribution in [-0.4, -0.2) is 77.9 Å². The molecule has 2 aliphatic rings. The van der Waals surface area contributed by atoms with Crippen molar-refractivity contribution in [1.82, 2.24) is 19.7 Å². The summed E-state index contributed by atoms with van der Waals surface area (Å²) in [5.41, 5.74) is 2.92. The van der Waals surface area contributed by atoms with Crippen LogP contribution in [0.5, 0.6) is 0 Å². The predicted octanol–water partition coefficient (Wildman–Crippen LogP) is 2.92. The highest BCUT2D eigenvalue weighted by Crippen LogP contribution is 2.31. The van der Waals surface area contributed by atoms with E-state index in [2.05, 4.69) is 45.9 Å². The number of likely N-dealkylation sites (N-methyl/N-ethyl adjacent to an activating group) is 1. The van der Waals surface area contributed by atoms with Gasteiger partial charge in [-0.1, -0.05) is 30.3 Å². The number of carbonyl (C=O) groups is 1. The fraction of sp³-hybridized carbons (Fsp3) is 0.500. The van der Waals surface area contributed by atoms with E-state index < -0.39 is 0 Å². The fourth-order valence-corrected chi connectivity index (χ4v) is 4.52. The lowest BCUT2D eigenvalue weighted by Crippen LogP contribution is -2.58. The third kappa shape index (κ3) is 3.66. The smallest absolute Gasteiger partial charge is 0.270 e. The van der Waals surface area contributed by atoms with E-state index in [9.17, 15) is 4.79 Å². The minimum absolute atomic E-state index is 0.119. The highest BCUT2D eigenvalue weighted by Gasteiger charge is 2.41. The van der Waals surface area contributed by atoms with Crippen LogP contribution in [0.2, 0.25) is 0 Å². The summed E-state index contributed by atoms with van der Waals surface area (Å²) in [5, 5.41) is 0. The molecule has 2 saturated heterocycles. The Hall–Kier alpha value is -2.11. The second-order valence-corrected chi connectivity index (χ2v) is 8.18. The maximum atomic E-state index is 13.3. The minimum Gasteiger partial charge on any atom is -0.351 e. The normalized spacial score (nSPS) is 21.3. The number of amides is 1. The number of aromatic amines is 1. The summed E-state index contributed by atoms with van der Waals surface area (Å²) < 4.78 is 0. The number of carbonyl (C=O) groups excluding carboxylic acids is 1. The van der Waals surface area contributed by atoms with E-state index in [-0.39, 0.29) is 11.4 Å². The lowest BCUT2D eigenvalue weighted by molar-refractivity contribution is 0.0315. The number of benzene rings is 1. The molecule has 1 aromatic carbocycles. The number of piperidine rings is 1. The lowest BCUT2D eigenvalue weighted by atomic mass is 9.85. The number of likely N-dealkylation sites (tertiary alicyclic amines) is 1. The largest absolute Gasteiger partial charge is 0.351 e. The maximum absolute atomic E-state index is 13.3. The first-order valence-corrected chi connectivity index (χ1v) is 10.0. The van der Waals surface area contributed by atoms with Gasteiger partial charge in [-0.3, -0.25) is 9.69 Å². The van der Waals surface area contributed by atoms with Crippen molar-refractivity contribution in [3.8, 4) is 11.3 Å². The Morgan fingerprint density at radius 3 is 2.44 bits per heavy atom. The Bertz CT molecular complexity index is 777. The Labute approximate surface area is 162 Å². The molecule has 0 saturated carbocycles. The van der Waals surface area contributed by atoms with Gasteiger partial charge in [-0.2, -0.15) is 0 Å². The molecule has 2 aromatic rings. The highest BCUT2D eigenvalue weighted by atomic mass is 16.2. The van der Waals surface area contributed by atoms with E-state index in [1.807, 2.05) is 30.3 Å². The summed E-state index contributed by atoms with van der Waals surface area (Å²) in [7, 11) is 4.43. The molecule has 2 aliphatic heterocycles. The van der Waals surface area contributed by atoms with Crippen molar-refractivity contribution in [3.05, 3.63) is 48.2 Å². The van der Waals surface area contributed by atoms with Crippen molar-refractivity contribution in [2.24, 2.45) is 0 Å². The number of rotatable bonds is 2. The van der Waals surface area contributed by atoms with Gasteiger partial charge < -0.3 is 14.8 Å². The molecular formula is C22H30N4O. The Morgan fingerprint density at radius 1 is 0.963 bits per heavy atom. The zero-order valence-corrected chi connectivity index (χ0v) is 16.4. The number of H-pyrrole nitrogens is 1. The van der Waals surface area contributed by atoms with Gasteiger partial charge in [0.05, 0.1) is 0 Å². The van der Waals surface area contributed by atoms with Crippen molar-refractivity contribution in [1.29, 1.82) is 0 Å². The summed E-state index contributed by atoms with van der Waals surface area (Å²) in [4.78, 5) is 23.6. The molecule has 144 valence electrons. The van der Waals surface area contributed by atoms with Crippen molar-refractivity contribution in [3.63, 3.8) is 0 Å². The van der Waals surface area contributed by atoms with Crippen LogP contribution in [0, 0.1) is 0 Å². The Kier molecular flexibility index (Phi) is 5.06. The van der Waals surface area contributed by atoms with Crippen LogP contribution in [-0.2, 0) is 0 Å². The third-order valence-electron chi connectivity index (χ3n) is 6.42. The molecule has 5 nitrogen and oxygen atoms in total. The molecule has 0 radical (unpaired) electrons. The molecule has 4 rings (SSSR count). The molecule has 2 fully saturated rings. The quantitative estimate of drug-likeness (QED) is 0.889. The van der Waals surface area contributed by atoms with Crippen molar-refractivity contribution in [2.75, 3.05) is 46.8 Å². The second kappa shape index (κ2) is 7.49. The van der Waals surface area contributed by atoms with Gasteiger partial charge in [0.1, 0.15) is 5.69 Å².